The van der Waals surface area contributed by atoms with Crippen molar-refractivity contribution < 1.29 is 14.3 Å². The molecule has 1 amide bonds. The van der Waals surface area contributed by atoms with E-state index in [4.69, 9.17) is 4.42 Å². The Bertz CT molecular complexity index is 558. The first kappa shape index (κ1) is 11.3. The van der Waals surface area contributed by atoms with Crippen molar-refractivity contribution in [2.75, 3.05) is 5.32 Å². The summed E-state index contributed by atoms with van der Waals surface area (Å²) < 4.78 is 5.19. The van der Waals surface area contributed by atoms with E-state index in [1.807, 2.05) is 6.92 Å². The zero-order chi connectivity index (χ0) is 12.4. The van der Waals surface area contributed by atoms with Crippen LogP contribution < -0.4 is 5.32 Å². The highest BCUT2D eigenvalue weighted by atomic mass is 16.3. The van der Waals surface area contributed by atoms with Crippen LogP contribution >= 0.6 is 0 Å². The fourth-order valence-electron chi connectivity index (χ4n) is 1.49. The Morgan fingerprint density at radius 2 is 2.00 bits per heavy atom. The minimum atomic E-state index is -0.376. The molecule has 88 valence electrons. The second kappa shape index (κ2) is 4.33. The lowest BCUT2D eigenvalue weighted by Crippen LogP contribution is -2.11. The molecule has 0 saturated carbocycles. The number of furan rings is 1. The quantitative estimate of drug-likeness (QED) is 0.781. The van der Waals surface area contributed by atoms with Crippen molar-refractivity contribution in [2.24, 2.45) is 0 Å². The van der Waals surface area contributed by atoms with E-state index in [0.717, 1.165) is 5.56 Å². The van der Waals surface area contributed by atoms with Gasteiger partial charge in [0.15, 0.2) is 5.76 Å². The second-order valence-electron chi connectivity index (χ2n) is 3.89. The highest BCUT2D eigenvalue weighted by Crippen LogP contribution is 2.24. The van der Waals surface area contributed by atoms with Crippen molar-refractivity contribution >= 4 is 11.6 Å². The maximum absolute atomic E-state index is 11.8. The number of hydrogen-bond donors (Lipinski definition) is 2. The van der Waals surface area contributed by atoms with Gasteiger partial charge in [0.2, 0.25) is 0 Å². The van der Waals surface area contributed by atoms with Crippen LogP contribution in [0.4, 0.5) is 5.69 Å². The molecule has 0 radical (unpaired) electrons. The molecule has 4 heteroatoms. The number of phenolic OH excluding ortho intramolecular Hbond substituents is 1. The van der Waals surface area contributed by atoms with Gasteiger partial charge in [-0.1, -0.05) is 6.07 Å². The van der Waals surface area contributed by atoms with Crippen molar-refractivity contribution in [3.05, 3.63) is 47.4 Å². The van der Waals surface area contributed by atoms with Gasteiger partial charge in [0, 0.05) is 0 Å². The molecule has 0 aliphatic carbocycles. The van der Waals surface area contributed by atoms with Gasteiger partial charge in [0.1, 0.15) is 11.5 Å². The van der Waals surface area contributed by atoms with Crippen LogP contribution in [0.25, 0.3) is 0 Å². The lowest BCUT2D eigenvalue weighted by molar-refractivity contribution is 0.0995. The normalized spacial score (nSPS) is 10.2. The molecule has 1 aromatic heterocycles. The molecule has 17 heavy (non-hydrogen) atoms. The number of phenols is 1. The van der Waals surface area contributed by atoms with E-state index >= 15 is 0 Å². The Morgan fingerprint density at radius 1 is 1.24 bits per heavy atom. The summed E-state index contributed by atoms with van der Waals surface area (Å²) in [6.45, 7) is 3.65. The van der Waals surface area contributed by atoms with Crippen LogP contribution in [-0.4, -0.2) is 11.0 Å². The summed E-state index contributed by atoms with van der Waals surface area (Å²) in [7, 11) is 0. The number of carbonyl (C=O) groups is 1. The molecule has 1 heterocycles. The Balaban J connectivity index is 2.21. The number of hydrogen-bond acceptors (Lipinski definition) is 3. The van der Waals surface area contributed by atoms with Gasteiger partial charge in [-0.25, -0.2) is 0 Å². The fraction of sp³-hybridized carbons (Fsp3) is 0.154. The molecular weight excluding hydrogens is 218 g/mol. The third kappa shape index (κ3) is 2.47. The molecular formula is C13H13NO3. The minimum absolute atomic E-state index is 0.0345. The van der Waals surface area contributed by atoms with Gasteiger partial charge < -0.3 is 14.8 Å². The molecule has 0 bridgehead atoms. The molecule has 0 aliphatic heterocycles. The Labute approximate surface area is 98.9 Å². The zero-order valence-corrected chi connectivity index (χ0v) is 9.65. The average molecular weight is 231 g/mol. The molecule has 2 aromatic rings. The van der Waals surface area contributed by atoms with Crippen molar-refractivity contribution in [1.82, 2.24) is 0 Å². The number of carbonyl (C=O) groups excluding carboxylic acids is 1. The molecule has 1 aromatic carbocycles. The average Bonchev–Trinajstić information content (AvgIpc) is 2.70. The van der Waals surface area contributed by atoms with Crippen LogP contribution in [0.5, 0.6) is 5.75 Å². The first-order valence-corrected chi connectivity index (χ1v) is 5.23. The van der Waals surface area contributed by atoms with Gasteiger partial charge in [0.05, 0.1) is 5.69 Å². The van der Waals surface area contributed by atoms with Gasteiger partial charge in [-0.2, -0.15) is 0 Å². The first-order valence-electron chi connectivity index (χ1n) is 5.23. The van der Waals surface area contributed by atoms with Gasteiger partial charge in [-0.15, -0.1) is 0 Å². The van der Waals surface area contributed by atoms with Crippen LogP contribution in [0.3, 0.4) is 0 Å². The van der Waals surface area contributed by atoms with Gasteiger partial charge in [-0.3, -0.25) is 4.79 Å². The SMILES string of the molecule is Cc1ccc(O)c(NC(=O)c2ccc(C)o2)c1. The third-order valence-electron chi connectivity index (χ3n) is 2.36. The summed E-state index contributed by atoms with van der Waals surface area (Å²) in [6, 6.07) is 8.31. The van der Waals surface area contributed by atoms with E-state index in [2.05, 4.69) is 5.32 Å². The topological polar surface area (TPSA) is 62.5 Å². The third-order valence-corrected chi connectivity index (χ3v) is 2.36. The van der Waals surface area contributed by atoms with Gasteiger partial charge >= 0.3 is 0 Å². The number of aryl methyl sites for hydroxylation is 2. The standard InChI is InChI=1S/C13H13NO3/c1-8-3-5-11(15)10(7-8)14-13(16)12-6-4-9(2)17-12/h3-7,15H,1-2H3,(H,14,16). The highest BCUT2D eigenvalue weighted by Gasteiger charge is 2.12. The summed E-state index contributed by atoms with van der Waals surface area (Å²) in [5.41, 5.74) is 1.33. The molecule has 0 atom stereocenters. The molecule has 0 fully saturated rings. The lowest BCUT2D eigenvalue weighted by atomic mass is 10.2. The number of anilines is 1. The Morgan fingerprint density at radius 3 is 2.65 bits per heavy atom. The summed E-state index contributed by atoms with van der Waals surface area (Å²) >= 11 is 0. The monoisotopic (exact) mass is 231 g/mol. The second-order valence-corrected chi connectivity index (χ2v) is 3.89. The number of rotatable bonds is 2. The van der Waals surface area contributed by atoms with Gasteiger partial charge in [0.25, 0.3) is 5.91 Å². The number of benzene rings is 1. The van der Waals surface area contributed by atoms with E-state index in [1.165, 1.54) is 0 Å². The first-order chi connectivity index (χ1) is 8.06. The summed E-state index contributed by atoms with van der Waals surface area (Å²) in [4.78, 5) is 11.8. The smallest absolute Gasteiger partial charge is 0.291 e. The summed E-state index contributed by atoms with van der Waals surface area (Å²) in [5.74, 6) is 0.554. The van der Waals surface area contributed by atoms with Gasteiger partial charge in [-0.05, 0) is 43.7 Å². The van der Waals surface area contributed by atoms with E-state index in [-0.39, 0.29) is 17.4 Å². The molecule has 0 unspecified atom stereocenters. The predicted octanol–water partition coefficient (Wildman–Crippen LogP) is 2.85. The van der Waals surface area contributed by atoms with E-state index in [0.29, 0.717) is 11.4 Å². The molecule has 2 N–H and O–H groups in total. The van der Waals surface area contributed by atoms with Crippen molar-refractivity contribution in [1.29, 1.82) is 0 Å². The number of nitrogens with one attached hydrogen (secondary N) is 1. The molecule has 2 rings (SSSR count). The number of amides is 1. The predicted molar refractivity (Wildman–Crippen MR) is 64.2 cm³/mol. The van der Waals surface area contributed by atoms with Crippen LogP contribution in [0.1, 0.15) is 21.9 Å². The maximum Gasteiger partial charge on any atom is 0.291 e. The Hall–Kier alpha value is -2.23. The fourth-order valence-corrected chi connectivity index (χ4v) is 1.49. The lowest BCUT2D eigenvalue weighted by Gasteiger charge is -2.06. The van der Waals surface area contributed by atoms with Crippen LogP contribution in [0.2, 0.25) is 0 Å². The van der Waals surface area contributed by atoms with Crippen molar-refractivity contribution in [2.45, 2.75) is 13.8 Å². The van der Waals surface area contributed by atoms with E-state index < -0.39 is 0 Å². The molecule has 0 saturated heterocycles. The molecule has 0 aliphatic rings. The minimum Gasteiger partial charge on any atom is -0.506 e. The molecule has 4 nitrogen and oxygen atoms in total. The highest BCUT2D eigenvalue weighted by molar-refractivity contribution is 6.03. The summed E-state index contributed by atoms with van der Waals surface area (Å²) in [6.07, 6.45) is 0. The summed E-state index contributed by atoms with van der Waals surface area (Å²) in [5, 5.41) is 12.2. The largest absolute Gasteiger partial charge is 0.506 e. The van der Waals surface area contributed by atoms with Crippen molar-refractivity contribution in [3.63, 3.8) is 0 Å². The van der Waals surface area contributed by atoms with Crippen LogP contribution in [0.15, 0.2) is 34.7 Å². The van der Waals surface area contributed by atoms with Crippen molar-refractivity contribution in [3.8, 4) is 5.75 Å². The Kier molecular flexibility index (Phi) is 2.87. The van der Waals surface area contributed by atoms with E-state index in [9.17, 15) is 9.90 Å². The van der Waals surface area contributed by atoms with E-state index in [1.54, 1.807) is 37.3 Å². The number of aromatic hydroxyl groups is 1. The zero-order valence-electron chi connectivity index (χ0n) is 9.65. The maximum atomic E-state index is 11.8. The van der Waals surface area contributed by atoms with Crippen LogP contribution in [0, 0.1) is 13.8 Å². The van der Waals surface area contributed by atoms with Crippen LogP contribution in [-0.2, 0) is 0 Å². The molecule has 0 spiro atoms.